The van der Waals surface area contributed by atoms with E-state index in [1.807, 2.05) is 0 Å². The predicted octanol–water partition coefficient (Wildman–Crippen LogP) is 6.20. The Morgan fingerprint density at radius 2 is 1.24 bits per heavy atom. The van der Waals surface area contributed by atoms with E-state index in [1.165, 1.54) is 84.0 Å². The van der Waals surface area contributed by atoms with E-state index in [0.717, 1.165) is 6.42 Å². The van der Waals surface area contributed by atoms with Crippen molar-refractivity contribution in [2.45, 2.75) is 97.3 Å². The highest BCUT2D eigenvalue weighted by atomic mass is 16.5. The lowest BCUT2D eigenvalue weighted by Gasteiger charge is -2.02. The summed E-state index contributed by atoms with van der Waals surface area (Å²) in [6.45, 7) is 4.33. The van der Waals surface area contributed by atoms with E-state index in [-0.39, 0.29) is 5.97 Å². The second-order valence-electron chi connectivity index (χ2n) is 5.92. The minimum atomic E-state index is -0.159. The number of esters is 1. The molecule has 0 aromatic rings. The van der Waals surface area contributed by atoms with E-state index in [2.05, 4.69) is 19.1 Å². The third-order valence-electron chi connectivity index (χ3n) is 3.71. The van der Waals surface area contributed by atoms with Crippen molar-refractivity contribution >= 4 is 5.97 Å². The van der Waals surface area contributed by atoms with E-state index in [4.69, 9.17) is 4.74 Å². The fourth-order valence-electron chi connectivity index (χ4n) is 2.39. The first-order chi connectivity index (χ1) is 10.3. The molecular formula is C19H36O2. The van der Waals surface area contributed by atoms with Gasteiger partial charge < -0.3 is 4.74 Å². The van der Waals surface area contributed by atoms with Gasteiger partial charge in [0.15, 0.2) is 0 Å². The van der Waals surface area contributed by atoms with Crippen molar-refractivity contribution in [1.29, 1.82) is 0 Å². The molecule has 0 aliphatic carbocycles. The first kappa shape index (κ1) is 20.2. The number of unbranched alkanes of at least 4 members (excludes halogenated alkanes) is 11. The summed E-state index contributed by atoms with van der Waals surface area (Å²) >= 11 is 0. The molecule has 0 aromatic heterocycles. The van der Waals surface area contributed by atoms with Gasteiger partial charge in [0.05, 0.1) is 6.61 Å². The van der Waals surface area contributed by atoms with E-state index in [1.54, 1.807) is 0 Å². The van der Waals surface area contributed by atoms with Gasteiger partial charge in [0.2, 0.25) is 0 Å². The molecule has 0 radical (unpaired) electrons. The molecular weight excluding hydrogens is 260 g/mol. The van der Waals surface area contributed by atoms with E-state index < -0.39 is 0 Å². The maximum absolute atomic E-state index is 10.6. The number of carbonyl (C=O) groups excluding carboxylic acids is 1. The van der Waals surface area contributed by atoms with E-state index in [0.29, 0.717) is 6.61 Å². The van der Waals surface area contributed by atoms with Gasteiger partial charge in [-0.25, -0.2) is 0 Å². The Hall–Kier alpha value is -0.790. The monoisotopic (exact) mass is 296 g/mol. The van der Waals surface area contributed by atoms with Crippen LogP contribution in [0.1, 0.15) is 97.3 Å². The number of carbonyl (C=O) groups is 1. The minimum absolute atomic E-state index is 0.159. The van der Waals surface area contributed by atoms with Crippen molar-refractivity contribution in [2.24, 2.45) is 0 Å². The standard InChI is InChI=1S/C19H36O2/c1-3-4-5-6-7-8-9-10-11-12-13-14-15-16-17-18-21-19(2)20/h8-9H,3-7,10-18H2,1-2H3. The summed E-state index contributed by atoms with van der Waals surface area (Å²) in [5, 5.41) is 0. The minimum Gasteiger partial charge on any atom is -0.466 e. The van der Waals surface area contributed by atoms with E-state index in [9.17, 15) is 4.79 Å². The topological polar surface area (TPSA) is 26.3 Å². The van der Waals surface area contributed by atoms with Crippen LogP contribution in [-0.4, -0.2) is 12.6 Å². The summed E-state index contributed by atoms with van der Waals surface area (Å²) in [6, 6.07) is 0. The average molecular weight is 296 g/mol. The molecule has 0 unspecified atom stereocenters. The Morgan fingerprint density at radius 3 is 1.76 bits per heavy atom. The molecule has 2 nitrogen and oxygen atoms in total. The van der Waals surface area contributed by atoms with Gasteiger partial charge >= 0.3 is 5.97 Å². The normalized spacial score (nSPS) is 11.1. The zero-order valence-corrected chi connectivity index (χ0v) is 14.4. The molecule has 2 heteroatoms. The summed E-state index contributed by atoms with van der Waals surface area (Å²) in [4.78, 5) is 10.6. The van der Waals surface area contributed by atoms with Crippen molar-refractivity contribution in [3.05, 3.63) is 12.2 Å². The van der Waals surface area contributed by atoms with Gasteiger partial charge in [-0.15, -0.1) is 0 Å². The first-order valence-electron chi connectivity index (χ1n) is 9.05. The highest BCUT2D eigenvalue weighted by Crippen LogP contribution is 2.09. The third-order valence-corrected chi connectivity index (χ3v) is 3.71. The zero-order chi connectivity index (χ0) is 15.6. The second-order valence-corrected chi connectivity index (χ2v) is 5.92. The van der Waals surface area contributed by atoms with Crippen molar-refractivity contribution in [3.63, 3.8) is 0 Å². The van der Waals surface area contributed by atoms with E-state index >= 15 is 0 Å². The summed E-state index contributed by atoms with van der Waals surface area (Å²) in [5.41, 5.74) is 0. The molecule has 0 aliphatic rings. The molecule has 0 amide bonds. The fourth-order valence-corrected chi connectivity index (χ4v) is 2.39. The van der Waals surface area contributed by atoms with Gasteiger partial charge in [0.25, 0.3) is 0 Å². The molecule has 0 heterocycles. The molecule has 0 spiro atoms. The molecule has 0 bridgehead atoms. The molecule has 21 heavy (non-hydrogen) atoms. The lowest BCUT2D eigenvalue weighted by atomic mass is 10.1. The van der Waals surface area contributed by atoms with Crippen molar-refractivity contribution in [1.82, 2.24) is 0 Å². The van der Waals surface area contributed by atoms with Crippen molar-refractivity contribution < 1.29 is 9.53 Å². The molecule has 0 rings (SSSR count). The molecule has 0 saturated heterocycles. The third kappa shape index (κ3) is 19.2. The Morgan fingerprint density at radius 1 is 0.762 bits per heavy atom. The molecule has 0 N–H and O–H groups in total. The molecule has 0 atom stereocenters. The number of rotatable bonds is 15. The zero-order valence-electron chi connectivity index (χ0n) is 14.4. The maximum Gasteiger partial charge on any atom is 0.302 e. The molecule has 0 fully saturated rings. The second kappa shape index (κ2) is 17.3. The van der Waals surface area contributed by atoms with Crippen LogP contribution < -0.4 is 0 Å². The number of hydrogen-bond acceptors (Lipinski definition) is 2. The smallest absolute Gasteiger partial charge is 0.302 e. The first-order valence-corrected chi connectivity index (χ1v) is 9.05. The van der Waals surface area contributed by atoms with Crippen LogP contribution in [0.5, 0.6) is 0 Å². The van der Waals surface area contributed by atoms with Gasteiger partial charge in [-0.2, -0.15) is 0 Å². The van der Waals surface area contributed by atoms with Crippen LogP contribution in [0, 0.1) is 0 Å². The SMILES string of the molecule is CCCCCCC=CCCCCCCCCCOC(C)=O. The van der Waals surface area contributed by atoms with Gasteiger partial charge in [0.1, 0.15) is 0 Å². The van der Waals surface area contributed by atoms with Crippen LogP contribution in [0.3, 0.4) is 0 Å². The van der Waals surface area contributed by atoms with Crippen LogP contribution in [-0.2, 0) is 9.53 Å². The van der Waals surface area contributed by atoms with Gasteiger partial charge in [-0.1, -0.05) is 70.4 Å². The molecule has 0 saturated carbocycles. The molecule has 0 aromatic carbocycles. The van der Waals surface area contributed by atoms with Crippen molar-refractivity contribution in [3.8, 4) is 0 Å². The number of hydrogen-bond donors (Lipinski definition) is 0. The lowest BCUT2D eigenvalue weighted by molar-refractivity contribution is -0.141. The Balaban J connectivity index is 3.05. The predicted molar refractivity (Wildman–Crippen MR) is 91.5 cm³/mol. The highest BCUT2D eigenvalue weighted by molar-refractivity contribution is 5.65. The largest absolute Gasteiger partial charge is 0.466 e. The Kier molecular flexibility index (Phi) is 16.6. The Labute approximate surface area is 132 Å². The van der Waals surface area contributed by atoms with Crippen molar-refractivity contribution in [2.75, 3.05) is 6.61 Å². The van der Waals surface area contributed by atoms with Crippen LogP contribution in [0.4, 0.5) is 0 Å². The van der Waals surface area contributed by atoms with Gasteiger partial charge in [-0.3, -0.25) is 4.79 Å². The Bertz CT molecular complexity index is 246. The van der Waals surface area contributed by atoms with Gasteiger partial charge in [-0.05, 0) is 32.1 Å². The average Bonchev–Trinajstić information content (AvgIpc) is 2.46. The van der Waals surface area contributed by atoms with Crippen LogP contribution >= 0.6 is 0 Å². The summed E-state index contributed by atoms with van der Waals surface area (Å²) in [7, 11) is 0. The quantitative estimate of drug-likeness (QED) is 0.204. The summed E-state index contributed by atoms with van der Waals surface area (Å²) in [5.74, 6) is -0.159. The summed E-state index contributed by atoms with van der Waals surface area (Å²) in [6.07, 6.45) is 21.5. The fraction of sp³-hybridized carbons (Fsp3) is 0.842. The van der Waals surface area contributed by atoms with Crippen LogP contribution in [0.15, 0.2) is 12.2 Å². The number of ether oxygens (including phenoxy) is 1. The molecule has 124 valence electrons. The lowest BCUT2D eigenvalue weighted by Crippen LogP contribution is -1.99. The van der Waals surface area contributed by atoms with Crippen LogP contribution in [0.25, 0.3) is 0 Å². The van der Waals surface area contributed by atoms with Crippen LogP contribution in [0.2, 0.25) is 0 Å². The highest BCUT2D eigenvalue weighted by Gasteiger charge is 1.94. The van der Waals surface area contributed by atoms with Gasteiger partial charge in [0, 0.05) is 6.92 Å². The number of allylic oxidation sites excluding steroid dienone is 2. The maximum atomic E-state index is 10.6. The summed E-state index contributed by atoms with van der Waals surface area (Å²) < 4.78 is 4.91. The molecule has 0 aliphatic heterocycles.